The fourth-order valence-corrected chi connectivity index (χ4v) is 2.70. The van der Waals surface area contributed by atoms with Crippen molar-refractivity contribution in [3.05, 3.63) is 52.5 Å². The highest BCUT2D eigenvalue weighted by molar-refractivity contribution is 9.10. The molecule has 8 heteroatoms. The molecule has 0 saturated carbocycles. The Bertz CT molecular complexity index is 842. The van der Waals surface area contributed by atoms with Gasteiger partial charge in [-0.2, -0.15) is 8.78 Å². The molecule has 0 radical (unpaired) electrons. The van der Waals surface area contributed by atoms with Crippen molar-refractivity contribution in [3.8, 4) is 17.2 Å². The molecule has 0 aliphatic carbocycles. The zero-order valence-corrected chi connectivity index (χ0v) is 15.0. The summed E-state index contributed by atoms with van der Waals surface area (Å²) in [5, 5.41) is 2.68. The molecule has 1 amide bonds. The first kappa shape index (κ1) is 18.2. The minimum atomic E-state index is -2.95. The maximum atomic E-state index is 12.5. The van der Waals surface area contributed by atoms with E-state index in [2.05, 4.69) is 26.0 Å². The first-order valence-electron chi connectivity index (χ1n) is 7.64. The summed E-state index contributed by atoms with van der Waals surface area (Å²) >= 11 is 3.26. The van der Waals surface area contributed by atoms with Crippen LogP contribution in [-0.4, -0.2) is 25.7 Å². The summed E-state index contributed by atoms with van der Waals surface area (Å²) in [4.78, 5) is 12.1. The lowest BCUT2D eigenvalue weighted by atomic mass is 10.2. The standard InChI is InChI=1S/C18H14BrF2NO4/c19-12-2-4-14(26-18(20)21)11(9-12)1-6-17(23)22-13-3-5-15-16(10-13)25-8-7-24-15/h1-6,9-10,18H,7-8H2,(H,22,23). The molecule has 0 unspecified atom stereocenters. The Hall–Kier alpha value is -2.61. The van der Waals surface area contributed by atoms with Crippen molar-refractivity contribution >= 4 is 33.6 Å². The molecule has 0 spiro atoms. The van der Waals surface area contributed by atoms with Crippen LogP contribution in [-0.2, 0) is 4.79 Å². The van der Waals surface area contributed by atoms with Crippen molar-refractivity contribution in [1.82, 2.24) is 0 Å². The molecule has 26 heavy (non-hydrogen) atoms. The van der Waals surface area contributed by atoms with Gasteiger partial charge in [-0.15, -0.1) is 0 Å². The number of rotatable bonds is 5. The highest BCUT2D eigenvalue weighted by Gasteiger charge is 2.12. The summed E-state index contributed by atoms with van der Waals surface area (Å²) < 4.78 is 40.9. The molecule has 0 saturated heterocycles. The van der Waals surface area contributed by atoms with E-state index in [1.807, 2.05) is 0 Å². The predicted molar refractivity (Wildman–Crippen MR) is 95.9 cm³/mol. The van der Waals surface area contributed by atoms with Crippen LogP contribution in [0.1, 0.15) is 5.56 Å². The van der Waals surface area contributed by atoms with Gasteiger partial charge in [0.1, 0.15) is 19.0 Å². The third kappa shape index (κ3) is 4.72. The molecule has 2 aromatic rings. The number of fused-ring (bicyclic) bond motifs is 1. The molecule has 1 aliphatic heterocycles. The monoisotopic (exact) mass is 425 g/mol. The summed E-state index contributed by atoms with van der Waals surface area (Å²) in [7, 11) is 0. The molecule has 5 nitrogen and oxygen atoms in total. The Balaban J connectivity index is 1.71. The minimum Gasteiger partial charge on any atom is -0.486 e. The van der Waals surface area contributed by atoms with Gasteiger partial charge in [0.25, 0.3) is 0 Å². The molecule has 1 heterocycles. The third-order valence-corrected chi connectivity index (χ3v) is 3.91. The number of carbonyl (C=O) groups excluding carboxylic acids is 1. The van der Waals surface area contributed by atoms with E-state index >= 15 is 0 Å². The first-order valence-corrected chi connectivity index (χ1v) is 8.43. The second kappa shape index (κ2) is 8.18. The van der Waals surface area contributed by atoms with Crippen LogP contribution in [0.5, 0.6) is 17.2 Å². The van der Waals surface area contributed by atoms with Crippen molar-refractivity contribution in [2.24, 2.45) is 0 Å². The molecule has 0 fully saturated rings. The Labute approximate surface area is 156 Å². The van der Waals surface area contributed by atoms with Crippen molar-refractivity contribution < 1.29 is 27.8 Å². The van der Waals surface area contributed by atoms with E-state index in [0.717, 1.165) is 0 Å². The summed E-state index contributed by atoms with van der Waals surface area (Å²) in [6, 6.07) is 9.59. The summed E-state index contributed by atoms with van der Waals surface area (Å²) in [6.07, 6.45) is 2.63. The Kier molecular flexibility index (Phi) is 5.72. The minimum absolute atomic E-state index is 0.0217. The number of alkyl halides is 2. The van der Waals surface area contributed by atoms with Crippen molar-refractivity contribution in [2.45, 2.75) is 6.61 Å². The average Bonchev–Trinajstić information content (AvgIpc) is 2.61. The van der Waals surface area contributed by atoms with E-state index in [4.69, 9.17) is 9.47 Å². The smallest absolute Gasteiger partial charge is 0.387 e. The SMILES string of the molecule is O=C(C=Cc1cc(Br)ccc1OC(F)F)Nc1ccc2c(c1)OCCO2. The van der Waals surface area contributed by atoms with Crippen molar-refractivity contribution in [2.75, 3.05) is 18.5 Å². The third-order valence-electron chi connectivity index (χ3n) is 3.41. The van der Waals surface area contributed by atoms with Gasteiger partial charge in [-0.3, -0.25) is 4.79 Å². The van der Waals surface area contributed by atoms with Gasteiger partial charge in [-0.1, -0.05) is 15.9 Å². The maximum absolute atomic E-state index is 12.5. The predicted octanol–water partition coefficient (Wildman–Crippen LogP) is 4.47. The van der Waals surface area contributed by atoms with Gasteiger partial charge in [-0.05, 0) is 36.4 Å². The Morgan fingerprint density at radius 1 is 1.15 bits per heavy atom. The van der Waals surface area contributed by atoms with Crippen LogP contribution >= 0.6 is 15.9 Å². The number of hydrogen-bond acceptors (Lipinski definition) is 4. The van der Waals surface area contributed by atoms with Crippen LogP contribution in [0.3, 0.4) is 0 Å². The molecule has 0 bridgehead atoms. The fraction of sp³-hybridized carbons (Fsp3) is 0.167. The van der Waals surface area contributed by atoms with Gasteiger partial charge in [0.15, 0.2) is 11.5 Å². The summed E-state index contributed by atoms with van der Waals surface area (Å²) in [5.41, 5.74) is 0.874. The molecule has 3 rings (SSSR count). The second-order valence-electron chi connectivity index (χ2n) is 5.24. The molecule has 1 aliphatic rings. The number of benzene rings is 2. The van der Waals surface area contributed by atoms with Gasteiger partial charge in [0, 0.05) is 27.9 Å². The van der Waals surface area contributed by atoms with Crippen molar-refractivity contribution in [3.63, 3.8) is 0 Å². The molecular formula is C18H14BrF2NO4. The van der Waals surface area contributed by atoms with E-state index in [1.54, 1.807) is 30.3 Å². The molecule has 2 aromatic carbocycles. The molecule has 1 N–H and O–H groups in total. The number of hydrogen-bond donors (Lipinski definition) is 1. The number of ether oxygens (including phenoxy) is 3. The fourth-order valence-electron chi connectivity index (χ4n) is 2.32. The van der Waals surface area contributed by atoms with E-state index in [1.165, 1.54) is 18.2 Å². The van der Waals surface area contributed by atoms with Crippen LogP contribution in [0.2, 0.25) is 0 Å². The van der Waals surface area contributed by atoms with Gasteiger partial charge in [-0.25, -0.2) is 0 Å². The van der Waals surface area contributed by atoms with E-state index in [9.17, 15) is 13.6 Å². The van der Waals surface area contributed by atoms with Gasteiger partial charge >= 0.3 is 6.61 Å². The van der Waals surface area contributed by atoms with E-state index < -0.39 is 12.5 Å². The van der Waals surface area contributed by atoms with Crippen LogP contribution in [0.4, 0.5) is 14.5 Å². The Morgan fingerprint density at radius 2 is 1.92 bits per heavy atom. The Morgan fingerprint density at radius 3 is 2.69 bits per heavy atom. The number of carbonyl (C=O) groups is 1. The zero-order chi connectivity index (χ0) is 18.5. The molecule has 136 valence electrons. The number of amides is 1. The first-order chi connectivity index (χ1) is 12.5. The van der Waals surface area contributed by atoms with Gasteiger partial charge in [0.05, 0.1) is 0 Å². The second-order valence-corrected chi connectivity index (χ2v) is 6.16. The largest absolute Gasteiger partial charge is 0.486 e. The number of halogens is 3. The van der Waals surface area contributed by atoms with Crippen LogP contribution < -0.4 is 19.5 Å². The average molecular weight is 426 g/mol. The highest BCUT2D eigenvalue weighted by atomic mass is 79.9. The number of anilines is 1. The van der Waals surface area contributed by atoms with Crippen LogP contribution in [0, 0.1) is 0 Å². The topological polar surface area (TPSA) is 56.8 Å². The van der Waals surface area contributed by atoms with Gasteiger partial charge in [0.2, 0.25) is 5.91 Å². The lowest BCUT2D eigenvalue weighted by Crippen LogP contribution is -2.16. The molecular weight excluding hydrogens is 412 g/mol. The molecule has 0 atom stereocenters. The number of nitrogens with one attached hydrogen (secondary N) is 1. The van der Waals surface area contributed by atoms with Crippen LogP contribution in [0.15, 0.2) is 46.9 Å². The van der Waals surface area contributed by atoms with Crippen molar-refractivity contribution in [1.29, 1.82) is 0 Å². The van der Waals surface area contributed by atoms with E-state index in [0.29, 0.717) is 40.4 Å². The highest BCUT2D eigenvalue weighted by Crippen LogP contribution is 2.32. The summed E-state index contributed by atoms with van der Waals surface area (Å²) in [6.45, 7) is -2.02. The quantitative estimate of drug-likeness (QED) is 0.717. The zero-order valence-electron chi connectivity index (χ0n) is 13.4. The lowest BCUT2D eigenvalue weighted by Gasteiger charge is -2.18. The normalized spacial score (nSPS) is 13.1. The van der Waals surface area contributed by atoms with Crippen LogP contribution in [0.25, 0.3) is 6.08 Å². The molecule has 0 aromatic heterocycles. The maximum Gasteiger partial charge on any atom is 0.387 e. The summed E-state index contributed by atoms with van der Waals surface area (Å²) in [5.74, 6) is 0.724. The lowest BCUT2D eigenvalue weighted by molar-refractivity contribution is -0.111. The van der Waals surface area contributed by atoms with E-state index in [-0.39, 0.29) is 5.75 Å². The van der Waals surface area contributed by atoms with Gasteiger partial charge < -0.3 is 19.5 Å².